The van der Waals surface area contributed by atoms with Crippen molar-refractivity contribution in [2.75, 3.05) is 6.54 Å². The Bertz CT molecular complexity index is 670. The number of amides is 1. The number of aromatic nitrogens is 2. The van der Waals surface area contributed by atoms with Crippen LogP contribution in [0.2, 0.25) is 0 Å². The van der Waals surface area contributed by atoms with Crippen LogP contribution in [0.3, 0.4) is 0 Å². The molecule has 1 heterocycles. The summed E-state index contributed by atoms with van der Waals surface area (Å²) in [6, 6.07) is 8.25. The quantitative estimate of drug-likeness (QED) is 0.630. The molecule has 0 aliphatic heterocycles. The molecule has 1 amide bonds. The normalized spacial score (nSPS) is 11.1. The summed E-state index contributed by atoms with van der Waals surface area (Å²) in [4.78, 5) is 16.2. The van der Waals surface area contributed by atoms with Crippen molar-refractivity contribution in [1.29, 1.82) is 0 Å². The molecule has 1 aromatic carbocycles. The topological polar surface area (TPSA) is 46.9 Å². The molecule has 0 saturated heterocycles. The molecule has 0 radical (unpaired) electrons. The molecular formula is C18H25N3O. The fourth-order valence-electron chi connectivity index (χ4n) is 2.48. The summed E-state index contributed by atoms with van der Waals surface area (Å²) in [7, 11) is 0. The molecular weight excluding hydrogens is 274 g/mol. The van der Waals surface area contributed by atoms with Crippen LogP contribution < -0.4 is 5.32 Å². The maximum atomic E-state index is 11.5. The van der Waals surface area contributed by atoms with E-state index in [0.29, 0.717) is 18.0 Å². The van der Waals surface area contributed by atoms with Crippen molar-refractivity contribution in [1.82, 2.24) is 14.9 Å². The predicted octanol–water partition coefficient (Wildman–Crippen LogP) is 3.32. The van der Waals surface area contributed by atoms with Gasteiger partial charge < -0.3 is 9.88 Å². The molecule has 22 heavy (non-hydrogen) atoms. The third-order valence-electron chi connectivity index (χ3n) is 3.53. The molecule has 1 aromatic heterocycles. The molecule has 0 aliphatic carbocycles. The Morgan fingerprint density at radius 1 is 1.36 bits per heavy atom. The van der Waals surface area contributed by atoms with Gasteiger partial charge in [0.1, 0.15) is 5.82 Å². The Hall–Kier alpha value is -2.10. The predicted molar refractivity (Wildman–Crippen MR) is 90.7 cm³/mol. The number of benzene rings is 1. The Morgan fingerprint density at radius 3 is 2.77 bits per heavy atom. The number of nitrogens with one attached hydrogen (secondary N) is 1. The number of hydrogen-bond acceptors (Lipinski definition) is 2. The molecule has 0 saturated carbocycles. The van der Waals surface area contributed by atoms with Crippen molar-refractivity contribution < 1.29 is 4.79 Å². The summed E-state index contributed by atoms with van der Waals surface area (Å²) < 4.78 is 2.31. The van der Waals surface area contributed by atoms with Crippen molar-refractivity contribution in [3.05, 3.63) is 42.2 Å². The van der Waals surface area contributed by atoms with Crippen molar-refractivity contribution in [3.8, 4) is 0 Å². The summed E-state index contributed by atoms with van der Waals surface area (Å²) in [6.07, 6.45) is 1.73. The van der Waals surface area contributed by atoms with Crippen LogP contribution in [-0.2, 0) is 17.8 Å². The highest BCUT2D eigenvalue weighted by Crippen LogP contribution is 2.18. The molecule has 0 fully saturated rings. The first-order chi connectivity index (χ1) is 10.5. The van der Waals surface area contributed by atoms with Crippen LogP contribution in [0.4, 0.5) is 0 Å². The zero-order chi connectivity index (χ0) is 16.1. The standard InChI is InChI=1S/C18H25N3O/c1-13(2)12-21-16-9-6-5-8-15(16)20-17(21)10-7-11-19-18(22)14(3)4/h5-6,8-9,13H,3,7,10-12H2,1-2,4H3,(H,19,22). The van der Waals surface area contributed by atoms with E-state index in [-0.39, 0.29) is 5.91 Å². The van der Waals surface area contributed by atoms with Crippen LogP contribution in [0.15, 0.2) is 36.4 Å². The number of imidazole rings is 1. The third-order valence-corrected chi connectivity index (χ3v) is 3.53. The number of fused-ring (bicyclic) bond motifs is 1. The maximum absolute atomic E-state index is 11.5. The monoisotopic (exact) mass is 299 g/mol. The first-order valence-electron chi connectivity index (χ1n) is 7.87. The van der Waals surface area contributed by atoms with Crippen molar-refractivity contribution in [2.45, 2.75) is 40.2 Å². The zero-order valence-corrected chi connectivity index (χ0v) is 13.7. The number of nitrogens with zero attached hydrogens (tertiary/aromatic N) is 2. The smallest absolute Gasteiger partial charge is 0.246 e. The van der Waals surface area contributed by atoms with E-state index in [1.807, 2.05) is 6.07 Å². The van der Waals surface area contributed by atoms with Crippen LogP contribution in [0.1, 0.15) is 33.0 Å². The molecule has 0 aliphatic rings. The largest absolute Gasteiger partial charge is 0.352 e. The Balaban J connectivity index is 2.06. The van der Waals surface area contributed by atoms with Gasteiger partial charge in [-0.3, -0.25) is 4.79 Å². The molecule has 2 rings (SSSR count). The highest BCUT2D eigenvalue weighted by atomic mass is 16.1. The van der Waals surface area contributed by atoms with Gasteiger partial charge in [-0.1, -0.05) is 32.6 Å². The van der Waals surface area contributed by atoms with Gasteiger partial charge in [-0.15, -0.1) is 0 Å². The molecule has 4 nitrogen and oxygen atoms in total. The molecule has 2 aromatic rings. The number of hydrogen-bond donors (Lipinski definition) is 1. The first kappa shape index (κ1) is 16.3. The molecule has 0 unspecified atom stereocenters. The fourth-order valence-corrected chi connectivity index (χ4v) is 2.48. The molecule has 118 valence electrons. The lowest BCUT2D eigenvalue weighted by atomic mass is 10.2. The van der Waals surface area contributed by atoms with E-state index in [2.05, 4.69) is 48.5 Å². The number of rotatable bonds is 7. The number of carbonyl (C=O) groups excluding carboxylic acids is 1. The number of aryl methyl sites for hydroxylation is 1. The van der Waals surface area contributed by atoms with Crippen LogP contribution >= 0.6 is 0 Å². The molecule has 0 bridgehead atoms. The Kier molecular flexibility index (Phi) is 5.36. The van der Waals surface area contributed by atoms with E-state index >= 15 is 0 Å². The second kappa shape index (κ2) is 7.25. The zero-order valence-electron chi connectivity index (χ0n) is 13.7. The lowest BCUT2D eigenvalue weighted by Crippen LogP contribution is -2.25. The van der Waals surface area contributed by atoms with Gasteiger partial charge in [0.25, 0.3) is 0 Å². The summed E-state index contributed by atoms with van der Waals surface area (Å²) in [5.74, 6) is 1.59. The fraction of sp³-hybridized carbons (Fsp3) is 0.444. The highest BCUT2D eigenvalue weighted by Gasteiger charge is 2.11. The average Bonchev–Trinajstić information content (AvgIpc) is 2.81. The minimum absolute atomic E-state index is 0.0734. The highest BCUT2D eigenvalue weighted by molar-refractivity contribution is 5.92. The van der Waals surface area contributed by atoms with Gasteiger partial charge in [0.2, 0.25) is 5.91 Å². The van der Waals surface area contributed by atoms with Crippen LogP contribution in [-0.4, -0.2) is 22.0 Å². The van der Waals surface area contributed by atoms with Gasteiger partial charge in [0.15, 0.2) is 0 Å². The minimum atomic E-state index is -0.0734. The average molecular weight is 299 g/mol. The third kappa shape index (κ3) is 3.97. The SMILES string of the molecule is C=C(C)C(=O)NCCCc1nc2ccccc2n1CC(C)C. The van der Waals surface area contributed by atoms with E-state index in [0.717, 1.165) is 30.7 Å². The maximum Gasteiger partial charge on any atom is 0.246 e. The van der Waals surface area contributed by atoms with Crippen molar-refractivity contribution in [3.63, 3.8) is 0 Å². The first-order valence-corrected chi connectivity index (χ1v) is 7.87. The second-order valence-electron chi connectivity index (χ2n) is 6.16. The van der Waals surface area contributed by atoms with E-state index in [9.17, 15) is 4.79 Å². The van der Waals surface area contributed by atoms with Crippen LogP contribution in [0.5, 0.6) is 0 Å². The van der Waals surface area contributed by atoms with Crippen molar-refractivity contribution in [2.24, 2.45) is 5.92 Å². The van der Waals surface area contributed by atoms with Gasteiger partial charge in [-0.25, -0.2) is 4.98 Å². The lowest BCUT2D eigenvalue weighted by molar-refractivity contribution is -0.117. The Labute approximate surface area is 132 Å². The van der Waals surface area contributed by atoms with E-state index in [1.54, 1.807) is 6.92 Å². The van der Waals surface area contributed by atoms with Gasteiger partial charge in [-0.05, 0) is 31.4 Å². The van der Waals surface area contributed by atoms with Crippen molar-refractivity contribution >= 4 is 16.9 Å². The number of carbonyl (C=O) groups is 1. The van der Waals surface area contributed by atoms with Crippen LogP contribution in [0.25, 0.3) is 11.0 Å². The molecule has 0 atom stereocenters. The summed E-state index contributed by atoms with van der Waals surface area (Å²) in [5, 5.41) is 2.87. The molecule has 1 N–H and O–H groups in total. The number of para-hydroxylation sites is 2. The van der Waals surface area contributed by atoms with Gasteiger partial charge in [0, 0.05) is 25.1 Å². The summed E-state index contributed by atoms with van der Waals surface area (Å²) in [6.45, 7) is 11.4. The van der Waals surface area contributed by atoms with Gasteiger partial charge >= 0.3 is 0 Å². The van der Waals surface area contributed by atoms with E-state index < -0.39 is 0 Å². The van der Waals surface area contributed by atoms with E-state index in [1.165, 1.54) is 5.52 Å². The lowest BCUT2D eigenvalue weighted by Gasteiger charge is -2.12. The molecule has 4 heteroatoms. The Morgan fingerprint density at radius 2 is 2.09 bits per heavy atom. The van der Waals surface area contributed by atoms with Gasteiger partial charge in [-0.2, -0.15) is 0 Å². The minimum Gasteiger partial charge on any atom is -0.352 e. The summed E-state index contributed by atoms with van der Waals surface area (Å²) in [5.41, 5.74) is 2.79. The second-order valence-corrected chi connectivity index (χ2v) is 6.16. The molecule has 0 spiro atoms. The summed E-state index contributed by atoms with van der Waals surface area (Å²) >= 11 is 0. The van der Waals surface area contributed by atoms with E-state index in [4.69, 9.17) is 4.98 Å². The van der Waals surface area contributed by atoms with Crippen LogP contribution in [0, 0.1) is 5.92 Å². The van der Waals surface area contributed by atoms with Gasteiger partial charge in [0.05, 0.1) is 11.0 Å².